The minimum Gasteiger partial charge on any atom is -0.462 e. The minimum absolute atomic E-state index is 0.0870. The predicted molar refractivity (Wildman–Crippen MR) is 93.1 cm³/mol. The smallest absolute Gasteiger partial charge is 0.341 e. The quantitative estimate of drug-likeness (QED) is 0.468. The standard InChI is InChI=1S/C16H21NO3S2/c1-3-9-21-10-13(18)17-15-14(16(19)20-4-2)11-7-5-6-8-12(11)22-15/h3H,1,4-10H2,2H3,(H,17,18). The molecular weight excluding hydrogens is 318 g/mol. The van der Waals surface area contributed by atoms with Gasteiger partial charge in [-0.05, 0) is 38.2 Å². The summed E-state index contributed by atoms with van der Waals surface area (Å²) in [5.74, 6) is 0.683. The highest BCUT2D eigenvalue weighted by Crippen LogP contribution is 2.38. The Morgan fingerprint density at radius 3 is 2.91 bits per heavy atom. The van der Waals surface area contributed by atoms with Gasteiger partial charge in [-0.3, -0.25) is 4.79 Å². The number of anilines is 1. The molecule has 22 heavy (non-hydrogen) atoms. The summed E-state index contributed by atoms with van der Waals surface area (Å²) in [4.78, 5) is 25.5. The van der Waals surface area contributed by atoms with Gasteiger partial charge >= 0.3 is 5.97 Å². The third kappa shape index (κ3) is 4.14. The zero-order chi connectivity index (χ0) is 15.9. The van der Waals surface area contributed by atoms with E-state index in [-0.39, 0.29) is 11.9 Å². The van der Waals surface area contributed by atoms with Crippen molar-refractivity contribution in [2.45, 2.75) is 32.6 Å². The third-order valence-corrected chi connectivity index (χ3v) is 5.52. The molecule has 0 aromatic carbocycles. The molecule has 1 aliphatic rings. The molecule has 2 rings (SSSR count). The van der Waals surface area contributed by atoms with E-state index in [0.29, 0.717) is 22.9 Å². The van der Waals surface area contributed by atoms with Gasteiger partial charge in [-0.1, -0.05) is 6.08 Å². The Labute approximate surface area is 139 Å². The Bertz CT molecular complexity index is 566. The van der Waals surface area contributed by atoms with Gasteiger partial charge in [0.2, 0.25) is 5.91 Å². The maximum Gasteiger partial charge on any atom is 0.341 e. The normalized spacial score (nSPS) is 13.3. The first-order valence-corrected chi connectivity index (χ1v) is 9.44. The Balaban J connectivity index is 2.18. The molecule has 0 spiro atoms. The summed E-state index contributed by atoms with van der Waals surface area (Å²) in [7, 11) is 0. The molecule has 120 valence electrons. The average molecular weight is 339 g/mol. The van der Waals surface area contributed by atoms with Crippen LogP contribution >= 0.6 is 23.1 Å². The van der Waals surface area contributed by atoms with Crippen LogP contribution in [0.15, 0.2) is 12.7 Å². The van der Waals surface area contributed by atoms with Crippen LogP contribution in [0.3, 0.4) is 0 Å². The molecule has 1 heterocycles. The van der Waals surface area contributed by atoms with Crippen LogP contribution in [0.1, 0.15) is 40.6 Å². The van der Waals surface area contributed by atoms with Gasteiger partial charge in [-0.25, -0.2) is 4.79 Å². The van der Waals surface area contributed by atoms with Gasteiger partial charge in [-0.15, -0.1) is 29.7 Å². The molecule has 1 aromatic rings. The summed E-state index contributed by atoms with van der Waals surface area (Å²) in [5, 5.41) is 3.54. The number of fused-ring (bicyclic) bond motifs is 1. The van der Waals surface area contributed by atoms with E-state index in [4.69, 9.17) is 4.74 Å². The topological polar surface area (TPSA) is 55.4 Å². The highest BCUT2D eigenvalue weighted by atomic mass is 32.2. The molecule has 1 amide bonds. The summed E-state index contributed by atoms with van der Waals surface area (Å²) >= 11 is 3.02. The lowest BCUT2D eigenvalue weighted by molar-refractivity contribution is -0.113. The second-order valence-corrected chi connectivity index (χ2v) is 7.12. The number of nitrogens with one attached hydrogen (secondary N) is 1. The Kier molecular flexibility index (Phi) is 6.51. The van der Waals surface area contributed by atoms with Crippen molar-refractivity contribution in [1.29, 1.82) is 0 Å². The molecular formula is C16H21NO3S2. The molecule has 0 saturated heterocycles. The number of carbonyl (C=O) groups is 2. The van der Waals surface area contributed by atoms with Gasteiger partial charge in [0.05, 0.1) is 17.9 Å². The van der Waals surface area contributed by atoms with Crippen LogP contribution in [0.5, 0.6) is 0 Å². The van der Waals surface area contributed by atoms with E-state index in [9.17, 15) is 9.59 Å². The van der Waals surface area contributed by atoms with E-state index in [1.54, 1.807) is 13.0 Å². The fourth-order valence-corrected chi connectivity index (χ4v) is 4.31. The molecule has 0 bridgehead atoms. The Morgan fingerprint density at radius 2 is 2.18 bits per heavy atom. The summed E-state index contributed by atoms with van der Waals surface area (Å²) in [6.45, 7) is 5.76. The minimum atomic E-state index is -0.323. The van der Waals surface area contributed by atoms with Crippen LogP contribution in [0.25, 0.3) is 0 Å². The van der Waals surface area contributed by atoms with Gasteiger partial charge in [0.15, 0.2) is 0 Å². The van der Waals surface area contributed by atoms with Crippen LogP contribution in [-0.4, -0.2) is 30.0 Å². The number of ether oxygens (including phenoxy) is 1. The highest BCUT2D eigenvalue weighted by Gasteiger charge is 2.27. The van der Waals surface area contributed by atoms with Crippen LogP contribution < -0.4 is 5.32 Å². The van der Waals surface area contributed by atoms with E-state index in [1.165, 1.54) is 28.0 Å². The number of carbonyl (C=O) groups excluding carboxylic acids is 2. The Hall–Kier alpha value is -1.27. The first-order valence-electron chi connectivity index (χ1n) is 7.47. The van der Waals surface area contributed by atoms with Gasteiger partial charge in [0.25, 0.3) is 0 Å². The van der Waals surface area contributed by atoms with Crippen molar-refractivity contribution in [3.8, 4) is 0 Å². The summed E-state index contributed by atoms with van der Waals surface area (Å²) in [6, 6.07) is 0. The van der Waals surface area contributed by atoms with Crippen LogP contribution in [0.4, 0.5) is 5.00 Å². The summed E-state index contributed by atoms with van der Waals surface area (Å²) in [5.41, 5.74) is 1.65. The van der Waals surface area contributed by atoms with E-state index in [0.717, 1.165) is 37.0 Å². The van der Waals surface area contributed by atoms with Crippen molar-refractivity contribution in [3.63, 3.8) is 0 Å². The maximum absolute atomic E-state index is 12.3. The van der Waals surface area contributed by atoms with Gasteiger partial charge in [0, 0.05) is 10.6 Å². The largest absolute Gasteiger partial charge is 0.462 e. The first kappa shape index (κ1) is 17.1. The average Bonchev–Trinajstić information content (AvgIpc) is 2.85. The molecule has 6 heteroatoms. The van der Waals surface area contributed by atoms with Gasteiger partial charge in [0.1, 0.15) is 5.00 Å². The number of hydrogen-bond donors (Lipinski definition) is 1. The van der Waals surface area contributed by atoms with E-state index < -0.39 is 0 Å². The molecule has 0 saturated carbocycles. The van der Waals surface area contributed by atoms with Gasteiger partial charge < -0.3 is 10.1 Å². The van der Waals surface area contributed by atoms with Crippen molar-refractivity contribution in [2.24, 2.45) is 0 Å². The molecule has 0 unspecified atom stereocenters. The van der Waals surface area contributed by atoms with Crippen LogP contribution in [0.2, 0.25) is 0 Å². The zero-order valence-corrected chi connectivity index (χ0v) is 14.4. The molecule has 1 aromatic heterocycles. The predicted octanol–water partition coefficient (Wildman–Crippen LogP) is 3.66. The number of amides is 1. The number of hydrogen-bond acceptors (Lipinski definition) is 5. The fourth-order valence-electron chi connectivity index (χ4n) is 2.47. The van der Waals surface area contributed by atoms with Crippen molar-refractivity contribution >= 4 is 40.0 Å². The van der Waals surface area contributed by atoms with Crippen LogP contribution in [0, 0.1) is 0 Å². The highest BCUT2D eigenvalue weighted by molar-refractivity contribution is 8.00. The lowest BCUT2D eigenvalue weighted by Gasteiger charge is -2.12. The summed E-state index contributed by atoms with van der Waals surface area (Å²) in [6.07, 6.45) is 5.86. The number of aryl methyl sites for hydroxylation is 1. The number of esters is 1. The Morgan fingerprint density at radius 1 is 1.41 bits per heavy atom. The van der Waals surface area contributed by atoms with Crippen molar-refractivity contribution < 1.29 is 14.3 Å². The lowest BCUT2D eigenvalue weighted by Crippen LogP contribution is -2.17. The molecule has 0 fully saturated rings. The number of rotatable bonds is 7. The SMILES string of the molecule is C=CCSCC(=O)Nc1sc2c(c1C(=O)OCC)CCCC2. The number of thiophene rings is 1. The second-order valence-electron chi connectivity index (χ2n) is 4.99. The molecule has 1 N–H and O–H groups in total. The molecule has 4 nitrogen and oxygen atoms in total. The third-order valence-electron chi connectivity index (χ3n) is 3.37. The molecule has 0 atom stereocenters. The van der Waals surface area contributed by atoms with E-state index in [1.807, 2.05) is 0 Å². The van der Waals surface area contributed by atoms with E-state index >= 15 is 0 Å². The first-order chi connectivity index (χ1) is 10.7. The second kappa shape index (κ2) is 8.39. The molecule has 0 aliphatic heterocycles. The van der Waals surface area contributed by atoms with Crippen molar-refractivity contribution in [1.82, 2.24) is 0 Å². The lowest BCUT2D eigenvalue weighted by atomic mass is 9.95. The molecule has 0 radical (unpaired) electrons. The monoisotopic (exact) mass is 339 g/mol. The van der Waals surface area contributed by atoms with Crippen molar-refractivity contribution in [2.75, 3.05) is 23.4 Å². The zero-order valence-electron chi connectivity index (χ0n) is 12.8. The van der Waals surface area contributed by atoms with Crippen molar-refractivity contribution in [3.05, 3.63) is 28.7 Å². The van der Waals surface area contributed by atoms with E-state index in [2.05, 4.69) is 11.9 Å². The fraction of sp³-hybridized carbons (Fsp3) is 0.500. The molecule has 1 aliphatic carbocycles. The van der Waals surface area contributed by atoms with Crippen LogP contribution in [-0.2, 0) is 22.4 Å². The summed E-state index contributed by atoms with van der Waals surface area (Å²) < 4.78 is 5.17. The van der Waals surface area contributed by atoms with Gasteiger partial charge in [-0.2, -0.15) is 0 Å². The maximum atomic E-state index is 12.3. The number of thioether (sulfide) groups is 1.